The molecule has 2 atom stereocenters. The van der Waals surface area contributed by atoms with Crippen molar-refractivity contribution in [3.05, 3.63) is 0 Å². The van der Waals surface area contributed by atoms with E-state index in [2.05, 4.69) is 13.8 Å². The smallest absolute Gasteiger partial charge is 0.00928 e. The molecule has 1 aliphatic rings. The van der Waals surface area contributed by atoms with E-state index in [0.29, 0.717) is 6.04 Å². The highest BCUT2D eigenvalue weighted by Crippen LogP contribution is 2.35. The van der Waals surface area contributed by atoms with Crippen molar-refractivity contribution in [1.29, 1.82) is 0 Å². The van der Waals surface area contributed by atoms with Gasteiger partial charge in [0.25, 0.3) is 0 Å². The fourth-order valence-electron chi connectivity index (χ4n) is 1.22. The lowest BCUT2D eigenvalue weighted by Gasteiger charge is -2.16. The van der Waals surface area contributed by atoms with Crippen molar-refractivity contribution in [3.63, 3.8) is 0 Å². The number of nitrogens with two attached hydrogens (primary N) is 1. The van der Waals surface area contributed by atoms with Crippen molar-refractivity contribution < 1.29 is 0 Å². The molecule has 0 heterocycles. The molecule has 0 aromatic carbocycles. The van der Waals surface area contributed by atoms with Crippen LogP contribution in [0.5, 0.6) is 0 Å². The van der Waals surface area contributed by atoms with Crippen LogP contribution in [0.25, 0.3) is 0 Å². The molecule has 0 bridgehead atoms. The van der Waals surface area contributed by atoms with Crippen LogP contribution in [-0.2, 0) is 0 Å². The van der Waals surface area contributed by atoms with Gasteiger partial charge < -0.3 is 5.73 Å². The van der Waals surface area contributed by atoms with E-state index in [-0.39, 0.29) is 0 Å². The molecule has 1 rings (SSSR count). The summed E-state index contributed by atoms with van der Waals surface area (Å²) in [7, 11) is 0. The van der Waals surface area contributed by atoms with Gasteiger partial charge in [-0.15, -0.1) is 0 Å². The third-order valence-electron chi connectivity index (χ3n) is 2.47. The second-order valence-corrected chi connectivity index (χ2v) is 3.30. The third-order valence-corrected chi connectivity index (χ3v) is 2.47. The van der Waals surface area contributed by atoms with Gasteiger partial charge in [0.05, 0.1) is 0 Å². The van der Waals surface area contributed by atoms with Gasteiger partial charge in [-0.05, 0) is 24.7 Å². The van der Waals surface area contributed by atoms with Crippen LogP contribution in [0.15, 0.2) is 0 Å². The number of hydrogen-bond donors (Lipinski definition) is 1. The highest BCUT2D eigenvalue weighted by Gasteiger charge is 2.30. The van der Waals surface area contributed by atoms with E-state index < -0.39 is 0 Å². The fraction of sp³-hybridized carbons (Fsp3) is 1.00. The molecular weight excluding hydrogens is 110 g/mol. The molecule has 1 saturated carbocycles. The zero-order valence-corrected chi connectivity index (χ0v) is 6.43. The highest BCUT2D eigenvalue weighted by molar-refractivity contribution is 4.86. The van der Waals surface area contributed by atoms with Crippen molar-refractivity contribution in [1.82, 2.24) is 0 Å². The average Bonchev–Trinajstić information content (AvgIpc) is 2.66. The average molecular weight is 127 g/mol. The lowest BCUT2D eigenvalue weighted by Crippen LogP contribution is -2.29. The number of hydrogen-bond acceptors (Lipinski definition) is 1. The second kappa shape index (κ2) is 2.70. The molecule has 2 unspecified atom stereocenters. The van der Waals surface area contributed by atoms with Crippen molar-refractivity contribution in [2.45, 2.75) is 39.2 Å². The Labute approximate surface area is 57.6 Å². The van der Waals surface area contributed by atoms with Crippen molar-refractivity contribution in [2.24, 2.45) is 17.6 Å². The van der Waals surface area contributed by atoms with Gasteiger partial charge in [0, 0.05) is 6.04 Å². The Hall–Kier alpha value is -0.0400. The Balaban J connectivity index is 2.22. The molecule has 0 aromatic rings. The van der Waals surface area contributed by atoms with Gasteiger partial charge in [0.1, 0.15) is 0 Å². The Morgan fingerprint density at radius 1 is 1.56 bits per heavy atom. The fourth-order valence-corrected chi connectivity index (χ4v) is 1.22. The van der Waals surface area contributed by atoms with E-state index in [0.717, 1.165) is 11.8 Å². The quantitative estimate of drug-likeness (QED) is 0.614. The summed E-state index contributed by atoms with van der Waals surface area (Å²) in [6.45, 7) is 4.47. The standard InChI is InChI=1S/C8H17N/c1-3-6(2)8(9)7-4-5-7/h6-8H,3-5,9H2,1-2H3. The van der Waals surface area contributed by atoms with Crippen LogP contribution in [0.1, 0.15) is 33.1 Å². The summed E-state index contributed by atoms with van der Waals surface area (Å²) in [6.07, 6.45) is 3.99. The molecule has 2 N–H and O–H groups in total. The van der Waals surface area contributed by atoms with Crippen LogP contribution < -0.4 is 5.73 Å². The summed E-state index contributed by atoms with van der Waals surface area (Å²) in [5.41, 5.74) is 5.93. The lowest BCUT2D eigenvalue weighted by molar-refractivity contribution is 0.405. The third kappa shape index (κ3) is 1.68. The number of rotatable bonds is 3. The molecule has 1 heteroatoms. The molecule has 1 nitrogen and oxygen atoms in total. The van der Waals surface area contributed by atoms with Crippen LogP contribution in [0, 0.1) is 11.8 Å². The SMILES string of the molecule is CCC(C)C(N)C1CC1. The molecule has 0 radical (unpaired) electrons. The maximum Gasteiger partial charge on any atom is 0.00928 e. The van der Waals surface area contributed by atoms with E-state index in [1.165, 1.54) is 19.3 Å². The minimum atomic E-state index is 0.495. The van der Waals surface area contributed by atoms with Crippen LogP contribution in [0.3, 0.4) is 0 Å². The topological polar surface area (TPSA) is 26.0 Å². The molecule has 1 fully saturated rings. The monoisotopic (exact) mass is 127 g/mol. The maximum atomic E-state index is 5.93. The summed E-state index contributed by atoms with van der Waals surface area (Å²) in [4.78, 5) is 0. The Morgan fingerprint density at radius 3 is 2.44 bits per heavy atom. The van der Waals surface area contributed by atoms with Gasteiger partial charge in [-0.25, -0.2) is 0 Å². The summed E-state index contributed by atoms with van der Waals surface area (Å²) in [5, 5.41) is 0. The summed E-state index contributed by atoms with van der Waals surface area (Å²) < 4.78 is 0. The summed E-state index contributed by atoms with van der Waals surface area (Å²) in [5.74, 6) is 1.61. The van der Waals surface area contributed by atoms with Crippen LogP contribution in [-0.4, -0.2) is 6.04 Å². The Morgan fingerprint density at radius 2 is 2.11 bits per heavy atom. The minimum absolute atomic E-state index is 0.495. The normalized spacial score (nSPS) is 25.7. The molecule has 9 heavy (non-hydrogen) atoms. The highest BCUT2D eigenvalue weighted by atomic mass is 14.7. The van der Waals surface area contributed by atoms with Crippen LogP contribution in [0.2, 0.25) is 0 Å². The maximum absolute atomic E-state index is 5.93. The first kappa shape index (κ1) is 7.07. The summed E-state index contributed by atoms with van der Waals surface area (Å²) in [6, 6.07) is 0.495. The predicted octanol–water partition coefficient (Wildman–Crippen LogP) is 1.77. The Bertz CT molecular complexity index is 86.6. The first-order chi connectivity index (χ1) is 4.25. The first-order valence-corrected chi connectivity index (χ1v) is 4.01. The molecule has 0 amide bonds. The van der Waals surface area contributed by atoms with Crippen molar-refractivity contribution in [2.75, 3.05) is 0 Å². The van der Waals surface area contributed by atoms with E-state index in [9.17, 15) is 0 Å². The van der Waals surface area contributed by atoms with Gasteiger partial charge in [0.2, 0.25) is 0 Å². The van der Waals surface area contributed by atoms with Gasteiger partial charge in [-0.3, -0.25) is 0 Å². The second-order valence-electron chi connectivity index (χ2n) is 3.30. The van der Waals surface area contributed by atoms with Gasteiger partial charge in [-0.2, -0.15) is 0 Å². The van der Waals surface area contributed by atoms with Gasteiger partial charge >= 0.3 is 0 Å². The van der Waals surface area contributed by atoms with Crippen molar-refractivity contribution >= 4 is 0 Å². The molecule has 0 aromatic heterocycles. The van der Waals surface area contributed by atoms with Crippen molar-refractivity contribution in [3.8, 4) is 0 Å². The Kier molecular flexibility index (Phi) is 2.12. The molecular formula is C8H17N. The van der Waals surface area contributed by atoms with E-state index in [1.54, 1.807) is 0 Å². The molecule has 0 saturated heterocycles. The van der Waals surface area contributed by atoms with Gasteiger partial charge in [-0.1, -0.05) is 20.3 Å². The summed E-state index contributed by atoms with van der Waals surface area (Å²) >= 11 is 0. The first-order valence-electron chi connectivity index (χ1n) is 4.01. The van der Waals surface area contributed by atoms with Crippen LogP contribution in [0.4, 0.5) is 0 Å². The minimum Gasteiger partial charge on any atom is -0.327 e. The van der Waals surface area contributed by atoms with E-state index in [4.69, 9.17) is 5.73 Å². The zero-order valence-electron chi connectivity index (χ0n) is 6.43. The molecule has 54 valence electrons. The molecule has 1 aliphatic carbocycles. The molecule has 0 aliphatic heterocycles. The van der Waals surface area contributed by atoms with Crippen LogP contribution >= 0.6 is 0 Å². The largest absolute Gasteiger partial charge is 0.327 e. The zero-order chi connectivity index (χ0) is 6.85. The lowest BCUT2D eigenvalue weighted by atomic mass is 9.96. The predicted molar refractivity (Wildman–Crippen MR) is 40.2 cm³/mol. The van der Waals surface area contributed by atoms with E-state index >= 15 is 0 Å². The van der Waals surface area contributed by atoms with Gasteiger partial charge in [0.15, 0.2) is 0 Å². The molecule has 0 spiro atoms. The van der Waals surface area contributed by atoms with E-state index in [1.807, 2.05) is 0 Å².